The Morgan fingerprint density at radius 1 is 1.00 bits per heavy atom. The van der Waals surface area contributed by atoms with Crippen LogP contribution in [0.3, 0.4) is 0 Å². The molecule has 1 aromatic carbocycles. The molecule has 0 amide bonds. The van der Waals surface area contributed by atoms with Crippen molar-refractivity contribution in [2.45, 2.75) is 18.4 Å². The molecule has 6 heteroatoms. The third-order valence-corrected chi connectivity index (χ3v) is 3.54. The lowest BCUT2D eigenvalue weighted by molar-refractivity contribution is 0.314. The highest BCUT2D eigenvalue weighted by molar-refractivity contribution is 7.99. The van der Waals surface area contributed by atoms with Gasteiger partial charge in [0.1, 0.15) is 16.5 Å². The molecule has 0 radical (unpaired) electrons. The predicted octanol–water partition coefficient (Wildman–Crippen LogP) is 3.02. The fourth-order valence-corrected chi connectivity index (χ4v) is 2.29. The molecule has 0 fully saturated rings. The van der Waals surface area contributed by atoms with Gasteiger partial charge in [-0.15, -0.1) is 0 Å². The lowest BCUT2D eigenvalue weighted by atomic mass is 10.3. The van der Waals surface area contributed by atoms with Gasteiger partial charge in [0.05, 0.1) is 13.2 Å². The van der Waals surface area contributed by atoms with Gasteiger partial charge in [0.15, 0.2) is 5.82 Å². The lowest BCUT2D eigenvalue weighted by Crippen LogP contribution is -2.02. The summed E-state index contributed by atoms with van der Waals surface area (Å²) in [6.45, 7) is 3.39. The number of nitrogens with zero attached hydrogens (tertiary/aromatic N) is 2. The first-order chi connectivity index (χ1) is 10.3. The van der Waals surface area contributed by atoms with Crippen molar-refractivity contribution in [3.63, 3.8) is 0 Å². The van der Waals surface area contributed by atoms with Crippen molar-refractivity contribution in [1.82, 2.24) is 9.97 Å². The minimum absolute atomic E-state index is 0.458. The van der Waals surface area contributed by atoms with E-state index >= 15 is 0 Å². The van der Waals surface area contributed by atoms with Crippen LogP contribution in [0.25, 0.3) is 0 Å². The van der Waals surface area contributed by atoms with Crippen molar-refractivity contribution in [3.8, 4) is 11.5 Å². The molecule has 0 spiro atoms. The van der Waals surface area contributed by atoms with Gasteiger partial charge in [-0.25, -0.2) is 9.97 Å². The van der Waals surface area contributed by atoms with E-state index in [1.54, 1.807) is 12.4 Å². The molecule has 0 saturated heterocycles. The Balaban J connectivity index is 1.72. The smallest absolute Gasteiger partial charge is 0.156 e. The van der Waals surface area contributed by atoms with Crippen molar-refractivity contribution in [1.29, 1.82) is 0 Å². The quantitative estimate of drug-likeness (QED) is 0.597. The number of ether oxygens (including phenoxy) is 2. The molecule has 1 heterocycles. The van der Waals surface area contributed by atoms with Crippen LogP contribution in [0.2, 0.25) is 0 Å². The Hall–Kier alpha value is -1.95. The molecule has 0 atom stereocenters. The largest absolute Gasteiger partial charge is 0.494 e. The zero-order chi connectivity index (χ0) is 14.9. The summed E-state index contributed by atoms with van der Waals surface area (Å²) in [6, 6.07) is 7.65. The average molecular weight is 305 g/mol. The molecule has 5 nitrogen and oxygen atoms in total. The second kappa shape index (κ2) is 8.36. The van der Waals surface area contributed by atoms with E-state index in [0.29, 0.717) is 12.4 Å². The summed E-state index contributed by atoms with van der Waals surface area (Å²) in [4.78, 5) is 8.16. The van der Waals surface area contributed by atoms with Crippen LogP contribution in [0.4, 0.5) is 5.82 Å². The van der Waals surface area contributed by atoms with Crippen molar-refractivity contribution < 1.29 is 9.47 Å². The molecule has 2 aromatic rings. The first-order valence-corrected chi connectivity index (χ1v) is 7.83. The molecular weight excluding hydrogens is 286 g/mol. The molecular formula is C15H19N3O2S. The molecule has 2 N–H and O–H groups in total. The Bertz CT molecular complexity index is 549. The number of hydrogen-bond acceptors (Lipinski definition) is 6. The predicted molar refractivity (Wildman–Crippen MR) is 84.9 cm³/mol. The average Bonchev–Trinajstić information content (AvgIpc) is 2.52. The number of nitrogen functional groups attached to an aromatic ring is 1. The van der Waals surface area contributed by atoms with Crippen LogP contribution in [0, 0.1) is 0 Å². The van der Waals surface area contributed by atoms with E-state index in [1.165, 1.54) is 11.8 Å². The summed E-state index contributed by atoms with van der Waals surface area (Å²) < 4.78 is 11.2. The number of anilines is 1. The highest BCUT2D eigenvalue weighted by Gasteiger charge is 2.02. The van der Waals surface area contributed by atoms with Gasteiger partial charge in [-0.3, -0.25) is 0 Å². The fraction of sp³-hybridized carbons (Fsp3) is 0.333. The maximum atomic E-state index is 5.72. The van der Waals surface area contributed by atoms with Crippen molar-refractivity contribution >= 4 is 17.6 Å². The first kappa shape index (κ1) is 15.4. The summed E-state index contributed by atoms with van der Waals surface area (Å²) in [5.74, 6) is 2.91. The van der Waals surface area contributed by atoms with E-state index in [0.717, 1.165) is 35.3 Å². The van der Waals surface area contributed by atoms with Gasteiger partial charge in [-0.05, 0) is 30.7 Å². The number of aromatic nitrogens is 2. The van der Waals surface area contributed by atoms with E-state index in [1.807, 2.05) is 24.3 Å². The van der Waals surface area contributed by atoms with Gasteiger partial charge in [0.25, 0.3) is 0 Å². The molecule has 0 unspecified atom stereocenters. The topological polar surface area (TPSA) is 70.3 Å². The highest BCUT2D eigenvalue weighted by atomic mass is 32.2. The summed E-state index contributed by atoms with van der Waals surface area (Å²) in [7, 11) is 0. The lowest BCUT2D eigenvalue weighted by Gasteiger charge is -2.08. The molecule has 0 aliphatic carbocycles. The minimum Gasteiger partial charge on any atom is -0.494 e. The SMILES string of the molecule is CCCOc1ccc(OCCSc2nccnc2N)cc1. The van der Waals surface area contributed by atoms with Crippen molar-refractivity contribution in [2.24, 2.45) is 0 Å². The van der Waals surface area contributed by atoms with Gasteiger partial charge < -0.3 is 15.2 Å². The van der Waals surface area contributed by atoms with Crippen molar-refractivity contribution in [3.05, 3.63) is 36.7 Å². The van der Waals surface area contributed by atoms with Gasteiger partial charge in [0.2, 0.25) is 0 Å². The number of nitrogens with two attached hydrogens (primary N) is 1. The van der Waals surface area contributed by atoms with Crippen LogP contribution < -0.4 is 15.2 Å². The fourth-order valence-electron chi connectivity index (χ4n) is 1.60. The molecule has 0 aliphatic heterocycles. The third kappa shape index (κ3) is 5.15. The second-order valence-electron chi connectivity index (χ2n) is 4.26. The highest BCUT2D eigenvalue weighted by Crippen LogP contribution is 2.21. The molecule has 0 saturated carbocycles. The maximum Gasteiger partial charge on any atom is 0.156 e. The molecule has 2 rings (SSSR count). The Morgan fingerprint density at radius 2 is 1.62 bits per heavy atom. The number of thioether (sulfide) groups is 1. The maximum absolute atomic E-state index is 5.72. The molecule has 1 aromatic heterocycles. The Labute approximate surface area is 128 Å². The minimum atomic E-state index is 0.458. The molecule has 112 valence electrons. The van der Waals surface area contributed by atoms with Gasteiger partial charge in [0, 0.05) is 18.1 Å². The second-order valence-corrected chi connectivity index (χ2v) is 5.35. The third-order valence-electron chi connectivity index (χ3n) is 2.58. The van der Waals surface area contributed by atoms with Crippen LogP contribution in [0.15, 0.2) is 41.7 Å². The van der Waals surface area contributed by atoms with Gasteiger partial charge in [-0.1, -0.05) is 18.7 Å². The number of rotatable bonds is 8. The van der Waals surface area contributed by atoms with Crippen LogP contribution >= 0.6 is 11.8 Å². The monoisotopic (exact) mass is 305 g/mol. The number of hydrogen-bond donors (Lipinski definition) is 1. The molecule has 0 aliphatic rings. The van der Waals surface area contributed by atoms with Crippen LogP contribution in [0.5, 0.6) is 11.5 Å². The van der Waals surface area contributed by atoms with E-state index in [2.05, 4.69) is 16.9 Å². The Morgan fingerprint density at radius 3 is 2.24 bits per heavy atom. The van der Waals surface area contributed by atoms with E-state index in [9.17, 15) is 0 Å². The van der Waals surface area contributed by atoms with Crippen molar-refractivity contribution in [2.75, 3.05) is 24.7 Å². The molecule has 21 heavy (non-hydrogen) atoms. The first-order valence-electron chi connectivity index (χ1n) is 6.84. The van der Waals surface area contributed by atoms with Crippen LogP contribution in [0.1, 0.15) is 13.3 Å². The summed E-state index contributed by atoms with van der Waals surface area (Å²) in [6.07, 6.45) is 4.22. The van der Waals surface area contributed by atoms with E-state index < -0.39 is 0 Å². The summed E-state index contributed by atoms with van der Waals surface area (Å²) >= 11 is 1.53. The normalized spacial score (nSPS) is 10.3. The zero-order valence-electron chi connectivity index (χ0n) is 12.0. The standard InChI is InChI=1S/C15H19N3O2S/c1-2-9-19-12-3-5-13(6-4-12)20-10-11-21-15-14(16)17-7-8-18-15/h3-8H,2,9-11H2,1H3,(H2,16,17). The Kier molecular flexibility index (Phi) is 6.15. The number of benzene rings is 1. The zero-order valence-corrected chi connectivity index (χ0v) is 12.8. The van der Waals surface area contributed by atoms with E-state index in [-0.39, 0.29) is 0 Å². The van der Waals surface area contributed by atoms with Gasteiger partial charge in [-0.2, -0.15) is 0 Å². The van der Waals surface area contributed by atoms with Gasteiger partial charge >= 0.3 is 0 Å². The van der Waals surface area contributed by atoms with Crippen LogP contribution in [-0.4, -0.2) is 28.9 Å². The van der Waals surface area contributed by atoms with E-state index in [4.69, 9.17) is 15.2 Å². The molecule has 0 bridgehead atoms. The van der Waals surface area contributed by atoms with Crippen LogP contribution in [-0.2, 0) is 0 Å². The summed E-state index contributed by atoms with van der Waals surface area (Å²) in [5.41, 5.74) is 5.72. The summed E-state index contributed by atoms with van der Waals surface area (Å²) in [5, 5.41) is 0.740.